The SMILES string of the molecule is CC(CBr)Cc1cccc2cccnc12. The fourth-order valence-electron chi connectivity index (χ4n) is 1.76. The first-order chi connectivity index (χ1) is 7.31. The minimum absolute atomic E-state index is 0.651. The molecule has 1 nitrogen and oxygen atoms in total. The van der Waals surface area contributed by atoms with Crippen LogP contribution in [0.1, 0.15) is 12.5 Å². The van der Waals surface area contributed by atoms with Crippen molar-refractivity contribution in [1.29, 1.82) is 0 Å². The van der Waals surface area contributed by atoms with E-state index in [1.807, 2.05) is 12.3 Å². The van der Waals surface area contributed by atoms with Crippen molar-refractivity contribution in [3.8, 4) is 0 Å². The van der Waals surface area contributed by atoms with E-state index in [0.29, 0.717) is 5.92 Å². The summed E-state index contributed by atoms with van der Waals surface area (Å²) in [6.45, 7) is 2.25. The summed E-state index contributed by atoms with van der Waals surface area (Å²) in [5.74, 6) is 0.651. The first kappa shape index (κ1) is 10.6. The summed E-state index contributed by atoms with van der Waals surface area (Å²) in [6, 6.07) is 10.5. The van der Waals surface area contributed by atoms with Gasteiger partial charge in [-0.25, -0.2) is 0 Å². The third-order valence-corrected chi connectivity index (χ3v) is 3.65. The first-order valence-electron chi connectivity index (χ1n) is 5.20. The molecule has 0 bridgehead atoms. The Labute approximate surface area is 98.7 Å². The predicted molar refractivity (Wildman–Crippen MR) is 68.4 cm³/mol. The van der Waals surface area contributed by atoms with E-state index in [9.17, 15) is 0 Å². The molecule has 1 aromatic heterocycles. The van der Waals surface area contributed by atoms with E-state index in [4.69, 9.17) is 0 Å². The van der Waals surface area contributed by atoms with Gasteiger partial charge in [-0.3, -0.25) is 4.98 Å². The van der Waals surface area contributed by atoms with Crippen molar-refractivity contribution in [2.24, 2.45) is 5.92 Å². The van der Waals surface area contributed by atoms with E-state index in [1.54, 1.807) is 0 Å². The molecule has 2 heteroatoms. The number of nitrogens with zero attached hydrogens (tertiary/aromatic N) is 1. The number of alkyl halides is 1. The van der Waals surface area contributed by atoms with Crippen molar-refractivity contribution in [3.05, 3.63) is 42.1 Å². The van der Waals surface area contributed by atoms with Crippen LogP contribution in [0.4, 0.5) is 0 Å². The number of hydrogen-bond donors (Lipinski definition) is 0. The van der Waals surface area contributed by atoms with Gasteiger partial charge in [-0.1, -0.05) is 47.1 Å². The van der Waals surface area contributed by atoms with Crippen molar-refractivity contribution < 1.29 is 0 Å². The second kappa shape index (κ2) is 4.75. The standard InChI is InChI=1S/C13H14BrN/c1-10(9-14)8-12-5-2-4-11-6-3-7-15-13(11)12/h2-7,10H,8-9H2,1H3. The third kappa shape index (κ3) is 2.37. The molecule has 0 aliphatic rings. The maximum atomic E-state index is 4.45. The largest absolute Gasteiger partial charge is 0.256 e. The number of fused-ring (bicyclic) bond motifs is 1. The van der Waals surface area contributed by atoms with Gasteiger partial charge < -0.3 is 0 Å². The van der Waals surface area contributed by atoms with E-state index in [2.05, 4.69) is 52.1 Å². The van der Waals surface area contributed by atoms with Crippen LogP contribution >= 0.6 is 15.9 Å². The number of hydrogen-bond acceptors (Lipinski definition) is 1. The van der Waals surface area contributed by atoms with Gasteiger partial charge in [0.15, 0.2) is 0 Å². The highest BCUT2D eigenvalue weighted by molar-refractivity contribution is 9.09. The van der Waals surface area contributed by atoms with Crippen LogP contribution in [0.3, 0.4) is 0 Å². The highest BCUT2D eigenvalue weighted by atomic mass is 79.9. The number of aromatic nitrogens is 1. The Morgan fingerprint density at radius 2 is 2.07 bits per heavy atom. The lowest BCUT2D eigenvalue weighted by Crippen LogP contribution is -2.01. The number of halogens is 1. The van der Waals surface area contributed by atoms with E-state index in [1.165, 1.54) is 10.9 Å². The van der Waals surface area contributed by atoms with Gasteiger partial charge in [0.25, 0.3) is 0 Å². The highest BCUT2D eigenvalue weighted by Gasteiger charge is 2.05. The Kier molecular flexibility index (Phi) is 3.37. The molecular formula is C13H14BrN. The van der Waals surface area contributed by atoms with Gasteiger partial charge >= 0.3 is 0 Å². The lowest BCUT2D eigenvalue weighted by atomic mass is 10.0. The monoisotopic (exact) mass is 263 g/mol. The molecule has 0 spiro atoms. The Hall–Kier alpha value is -0.890. The van der Waals surface area contributed by atoms with Gasteiger partial charge in [0, 0.05) is 16.9 Å². The molecule has 0 fully saturated rings. The first-order valence-corrected chi connectivity index (χ1v) is 6.32. The summed E-state index contributed by atoms with van der Waals surface area (Å²) in [5.41, 5.74) is 2.49. The van der Waals surface area contributed by atoms with Crippen LogP contribution in [0.15, 0.2) is 36.5 Å². The average molecular weight is 264 g/mol. The van der Waals surface area contributed by atoms with Crippen molar-refractivity contribution >= 4 is 26.8 Å². The average Bonchev–Trinajstić information content (AvgIpc) is 2.29. The minimum Gasteiger partial charge on any atom is -0.256 e. The van der Waals surface area contributed by atoms with Crippen molar-refractivity contribution in [2.45, 2.75) is 13.3 Å². The minimum atomic E-state index is 0.651. The zero-order valence-electron chi connectivity index (χ0n) is 8.78. The summed E-state index contributed by atoms with van der Waals surface area (Å²) in [5, 5.41) is 2.27. The fraction of sp³-hybridized carbons (Fsp3) is 0.308. The second-order valence-corrected chi connectivity index (χ2v) is 4.60. The molecule has 0 radical (unpaired) electrons. The number of para-hydroxylation sites is 1. The molecule has 0 saturated heterocycles. The molecule has 1 aromatic carbocycles. The third-order valence-electron chi connectivity index (χ3n) is 2.55. The van der Waals surface area contributed by atoms with E-state index in [-0.39, 0.29) is 0 Å². The molecule has 0 amide bonds. The lowest BCUT2D eigenvalue weighted by Gasteiger charge is -2.09. The molecule has 2 rings (SSSR count). The normalized spacial score (nSPS) is 12.9. The Morgan fingerprint density at radius 3 is 2.87 bits per heavy atom. The molecule has 78 valence electrons. The summed E-state index contributed by atoms with van der Waals surface area (Å²) >= 11 is 3.52. The molecule has 1 atom stereocenters. The van der Waals surface area contributed by atoms with Crippen LogP contribution in [-0.4, -0.2) is 10.3 Å². The highest BCUT2D eigenvalue weighted by Crippen LogP contribution is 2.19. The predicted octanol–water partition coefficient (Wildman–Crippen LogP) is 3.81. The molecule has 0 aliphatic heterocycles. The number of rotatable bonds is 3. The van der Waals surface area contributed by atoms with Gasteiger partial charge in [0.05, 0.1) is 5.52 Å². The second-order valence-electron chi connectivity index (χ2n) is 3.96. The lowest BCUT2D eigenvalue weighted by molar-refractivity contribution is 0.665. The molecule has 0 aliphatic carbocycles. The summed E-state index contributed by atoms with van der Waals surface area (Å²) < 4.78 is 0. The van der Waals surface area contributed by atoms with E-state index >= 15 is 0 Å². The number of pyridine rings is 1. The van der Waals surface area contributed by atoms with Gasteiger partial charge in [-0.15, -0.1) is 0 Å². The zero-order chi connectivity index (χ0) is 10.7. The van der Waals surface area contributed by atoms with E-state index in [0.717, 1.165) is 17.3 Å². The van der Waals surface area contributed by atoms with Gasteiger partial charge in [-0.05, 0) is 24.0 Å². The Balaban J connectivity index is 2.42. The number of benzene rings is 1. The maximum Gasteiger partial charge on any atom is 0.0733 e. The van der Waals surface area contributed by atoms with Crippen molar-refractivity contribution in [2.75, 3.05) is 5.33 Å². The van der Waals surface area contributed by atoms with Crippen molar-refractivity contribution in [1.82, 2.24) is 4.98 Å². The van der Waals surface area contributed by atoms with Gasteiger partial charge in [0.2, 0.25) is 0 Å². The topological polar surface area (TPSA) is 12.9 Å². The van der Waals surface area contributed by atoms with Crippen LogP contribution in [0, 0.1) is 5.92 Å². The van der Waals surface area contributed by atoms with Gasteiger partial charge in [-0.2, -0.15) is 0 Å². The van der Waals surface area contributed by atoms with Crippen LogP contribution in [0.5, 0.6) is 0 Å². The molecule has 1 unspecified atom stereocenters. The van der Waals surface area contributed by atoms with Crippen LogP contribution in [0.2, 0.25) is 0 Å². The van der Waals surface area contributed by atoms with E-state index < -0.39 is 0 Å². The molecular weight excluding hydrogens is 250 g/mol. The zero-order valence-corrected chi connectivity index (χ0v) is 10.4. The maximum absolute atomic E-state index is 4.45. The van der Waals surface area contributed by atoms with Gasteiger partial charge in [0.1, 0.15) is 0 Å². The molecule has 2 aromatic rings. The molecule has 1 heterocycles. The van der Waals surface area contributed by atoms with Crippen LogP contribution in [-0.2, 0) is 6.42 Å². The van der Waals surface area contributed by atoms with Crippen LogP contribution < -0.4 is 0 Å². The Bertz CT molecular complexity index is 448. The summed E-state index contributed by atoms with van der Waals surface area (Å²) in [4.78, 5) is 4.45. The van der Waals surface area contributed by atoms with Crippen molar-refractivity contribution in [3.63, 3.8) is 0 Å². The Morgan fingerprint density at radius 1 is 1.27 bits per heavy atom. The molecule has 15 heavy (non-hydrogen) atoms. The summed E-state index contributed by atoms with van der Waals surface area (Å²) in [7, 11) is 0. The van der Waals surface area contributed by atoms with Crippen LogP contribution in [0.25, 0.3) is 10.9 Å². The molecule has 0 N–H and O–H groups in total. The summed E-state index contributed by atoms with van der Waals surface area (Å²) in [6.07, 6.45) is 2.95. The molecule has 0 saturated carbocycles. The fourth-order valence-corrected chi connectivity index (χ4v) is 1.99. The smallest absolute Gasteiger partial charge is 0.0733 e. The quantitative estimate of drug-likeness (QED) is 0.768.